The summed E-state index contributed by atoms with van der Waals surface area (Å²) in [5, 5.41) is 2.65. The van der Waals surface area contributed by atoms with Gasteiger partial charge in [0, 0.05) is 23.8 Å². The molecule has 104 valence electrons. The van der Waals surface area contributed by atoms with Crippen LogP contribution in [0.4, 0.5) is 14.9 Å². The minimum Gasteiger partial charge on any atom is -0.323 e. The van der Waals surface area contributed by atoms with Gasteiger partial charge in [0.25, 0.3) is 0 Å². The smallest absolute Gasteiger partial charge is 0.321 e. The highest BCUT2D eigenvalue weighted by Crippen LogP contribution is 2.14. The van der Waals surface area contributed by atoms with E-state index in [2.05, 4.69) is 21.2 Å². The molecule has 20 heavy (non-hydrogen) atoms. The third-order valence-electron chi connectivity index (χ3n) is 2.73. The normalized spacial score (nSPS) is 10.2. The van der Waals surface area contributed by atoms with E-state index in [-0.39, 0.29) is 11.8 Å². The van der Waals surface area contributed by atoms with Crippen LogP contribution in [0.2, 0.25) is 0 Å². The number of rotatable bonds is 3. The van der Waals surface area contributed by atoms with Crippen LogP contribution in [0.15, 0.2) is 53.0 Å². The number of halogens is 2. The van der Waals surface area contributed by atoms with Crippen LogP contribution >= 0.6 is 15.9 Å². The topological polar surface area (TPSA) is 32.3 Å². The second-order valence-corrected chi connectivity index (χ2v) is 5.34. The third kappa shape index (κ3) is 4.06. The number of amides is 2. The van der Waals surface area contributed by atoms with E-state index >= 15 is 0 Å². The standard InChI is InChI=1S/C15H14BrFN2O/c1-19(10-11-4-2-5-12(16)8-11)15(20)18-14-7-3-6-13(17)9-14/h2-9H,10H2,1H3,(H,18,20). The highest BCUT2D eigenvalue weighted by atomic mass is 79.9. The fraction of sp³-hybridized carbons (Fsp3) is 0.133. The molecule has 0 bridgehead atoms. The number of hydrogen-bond donors (Lipinski definition) is 1. The second kappa shape index (κ2) is 6.52. The fourth-order valence-corrected chi connectivity index (χ4v) is 2.21. The Kier molecular flexibility index (Phi) is 4.74. The Morgan fingerprint density at radius 2 is 2.00 bits per heavy atom. The second-order valence-electron chi connectivity index (χ2n) is 4.43. The average molecular weight is 337 g/mol. The molecule has 0 saturated heterocycles. The van der Waals surface area contributed by atoms with Gasteiger partial charge in [-0.15, -0.1) is 0 Å². The minimum atomic E-state index is -0.377. The summed E-state index contributed by atoms with van der Waals surface area (Å²) in [5.41, 5.74) is 1.45. The molecule has 0 aliphatic rings. The molecule has 0 aliphatic carbocycles. The first kappa shape index (κ1) is 14.5. The van der Waals surface area contributed by atoms with Crippen molar-refractivity contribution in [2.45, 2.75) is 6.54 Å². The molecule has 0 spiro atoms. The molecule has 0 fully saturated rings. The van der Waals surface area contributed by atoms with Gasteiger partial charge in [-0.3, -0.25) is 0 Å². The van der Waals surface area contributed by atoms with Gasteiger partial charge in [-0.05, 0) is 35.9 Å². The van der Waals surface area contributed by atoms with Crippen LogP contribution in [0.25, 0.3) is 0 Å². The molecule has 0 atom stereocenters. The van der Waals surface area contributed by atoms with Gasteiger partial charge < -0.3 is 10.2 Å². The highest BCUT2D eigenvalue weighted by molar-refractivity contribution is 9.10. The lowest BCUT2D eigenvalue weighted by molar-refractivity contribution is 0.220. The van der Waals surface area contributed by atoms with E-state index in [0.29, 0.717) is 12.2 Å². The summed E-state index contributed by atoms with van der Waals surface area (Å²) in [4.78, 5) is 13.5. The van der Waals surface area contributed by atoms with E-state index in [9.17, 15) is 9.18 Å². The number of benzene rings is 2. The molecule has 5 heteroatoms. The lowest BCUT2D eigenvalue weighted by Crippen LogP contribution is -2.30. The Morgan fingerprint density at radius 3 is 2.70 bits per heavy atom. The van der Waals surface area contributed by atoms with Crippen LogP contribution in [-0.2, 0) is 6.54 Å². The van der Waals surface area contributed by atoms with Gasteiger partial charge >= 0.3 is 6.03 Å². The third-order valence-corrected chi connectivity index (χ3v) is 3.22. The summed E-state index contributed by atoms with van der Waals surface area (Å²) in [6.07, 6.45) is 0. The number of anilines is 1. The maximum absolute atomic E-state index is 13.0. The number of carbonyl (C=O) groups is 1. The van der Waals surface area contributed by atoms with E-state index in [1.807, 2.05) is 24.3 Å². The van der Waals surface area contributed by atoms with Crippen molar-refractivity contribution >= 4 is 27.6 Å². The Balaban J connectivity index is 1.98. The van der Waals surface area contributed by atoms with E-state index in [1.54, 1.807) is 19.2 Å². The van der Waals surface area contributed by atoms with Gasteiger partial charge in [0.2, 0.25) is 0 Å². The summed E-state index contributed by atoms with van der Waals surface area (Å²) in [7, 11) is 1.69. The van der Waals surface area contributed by atoms with Gasteiger partial charge in [-0.25, -0.2) is 9.18 Å². The predicted molar refractivity (Wildman–Crippen MR) is 81.0 cm³/mol. The summed E-state index contributed by atoms with van der Waals surface area (Å²) in [5.74, 6) is -0.377. The summed E-state index contributed by atoms with van der Waals surface area (Å²) in [6, 6.07) is 13.3. The van der Waals surface area contributed by atoms with Crippen molar-refractivity contribution in [2.75, 3.05) is 12.4 Å². The lowest BCUT2D eigenvalue weighted by Gasteiger charge is -2.18. The first-order valence-corrected chi connectivity index (χ1v) is 6.86. The number of nitrogens with zero attached hydrogens (tertiary/aromatic N) is 1. The van der Waals surface area contributed by atoms with Crippen molar-refractivity contribution in [3.8, 4) is 0 Å². The van der Waals surface area contributed by atoms with Crippen LogP contribution in [0.3, 0.4) is 0 Å². The molecule has 0 aromatic heterocycles. The van der Waals surface area contributed by atoms with Gasteiger partial charge in [0.1, 0.15) is 5.82 Å². The average Bonchev–Trinajstić information content (AvgIpc) is 2.38. The molecule has 0 heterocycles. The van der Waals surface area contributed by atoms with Crippen LogP contribution in [-0.4, -0.2) is 18.0 Å². The maximum atomic E-state index is 13.0. The monoisotopic (exact) mass is 336 g/mol. The molecule has 3 nitrogen and oxygen atoms in total. The van der Waals surface area contributed by atoms with Crippen molar-refractivity contribution in [1.82, 2.24) is 4.90 Å². The Hall–Kier alpha value is -1.88. The van der Waals surface area contributed by atoms with E-state index in [1.165, 1.54) is 17.0 Å². The van der Waals surface area contributed by atoms with Crippen molar-refractivity contribution in [3.05, 3.63) is 64.4 Å². The summed E-state index contributed by atoms with van der Waals surface area (Å²) < 4.78 is 14.0. The summed E-state index contributed by atoms with van der Waals surface area (Å²) in [6.45, 7) is 0.473. The zero-order valence-corrected chi connectivity index (χ0v) is 12.5. The first-order valence-electron chi connectivity index (χ1n) is 6.07. The molecule has 0 unspecified atom stereocenters. The number of nitrogens with one attached hydrogen (secondary N) is 1. The quantitative estimate of drug-likeness (QED) is 0.892. The zero-order chi connectivity index (χ0) is 14.5. The van der Waals surface area contributed by atoms with E-state index in [4.69, 9.17) is 0 Å². The van der Waals surface area contributed by atoms with Gasteiger partial charge in [-0.2, -0.15) is 0 Å². The molecule has 0 aliphatic heterocycles. The summed E-state index contributed by atoms with van der Waals surface area (Å²) >= 11 is 3.39. The number of carbonyl (C=O) groups excluding carboxylic acids is 1. The Morgan fingerprint density at radius 1 is 1.25 bits per heavy atom. The molecule has 2 aromatic carbocycles. The molecular formula is C15H14BrFN2O. The van der Waals surface area contributed by atoms with Crippen molar-refractivity contribution in [3.63, 3.8) is 0 Å². The van der Waals surface area contributed by atoms with E-state index in [0.717, 1.165) is 10.0 Å². The van der Waals surface area contributed by atoms with Gasteiger partial charge in [-0.1, -0.05) is 34.1 Å². The zero-order valence-electron chi connectivity index (χ0n) is 10.9. The van der Waals surface area contributed by atoms with Gasteiger partial charge in [0.15, 0.2) is 0 Å². The van der Waals surface area contributed by atoms with Crippen LogP contribution in [0.1, 0.15) is 5.56 Å². The van der Waals surface area contributed by atoms with E-state index < -0.39 is 0 Å². The molecule has 0 saturated carbocycles. The van der Waals surface area contributed by atoms with Crippen molar-refractivity contribution in [1.29, 1.82) is 0 Å². The first-order chi connectivity index (χ1) is 9.54. The molecular weight excluding hydrogens is 323 g/mol. The Labute approximate surface area is 125 Å². The number of hydrogen-bond acceptors (Lipinski definition) is 1. The molecule has 2 amide bonds. The predicted octanol–water partition coefficient (Wildman–Crippen LogP) is 4.25. The SMILES string of the molecule is CN(Cc1cccc(Br)c1)C(=O)Nc1cccc(F)c1. The van der Waals surface area contributed by atoms with Crippen LogP contribution in [0.5, 0.6) is 0 Å². The largest absolute Gasteiger partial charge is 0.323 e. The maximum Gasteiger partial charge on any atom is 0.321 e. The minimum absolute atomic E-state index is 0.282. The lowest BCUT2D eigenvalue weighted by atomic mass is 10.2. The van der Waals surface area contributed by atoms with Crippen LogP contribution in [0, 0.1) is 5.82 Å². The van der Waals surface area contributed by atoms with Crippen molar-refractivity contribution in [2.24, 2.45) is 0 Å². The van der Waals surface area contributed by atoms with Crippen molar-refractivity contribution < 1.29 is 9.18 Å². The van der Waals surface area contributed by atoms with Gasteiger partial charge in [0.05, 0.1) is 0 Å². The number of urea groups is 1. The fourth-order valence-electron chi connectivity index (χ4n) is 1.77. The Bertz CT molecular complexity index is 618. The molecule has 0 radical (unpaired) electrons. The molecule has 2 aromatic rings. The van der Waals surface area contributed by atoms with Crippen LogP contribution < -0.4 is 5.32 Å². The molecule has 2 rings (SSSR count). The molecule has 1 N–H and O–H groups in total. The highest BCUT2D eigenvalue weighted by Gasteiger charge is 2.09.